The number of aromatic nitrogens is 3. The number of nitrogens with one attached hydrogen (secondary N) is 1. The summed E-state index contributed by atoms with van der Waals surface area (Å²) < 4.78 is 14.7. The largest absolute Gasteiger partial charge is 0.358 e. The summed E-state index contributed by atoms with van der Waals surface area (Å²) in [6.45, 7) is 4.27. The predicted molar refractivity (Wildman–Crippen MR) is 126 cm³/mol. The van der Waals surface area contributed by atoms with E-state index in [1.54, 1.807) is 6.20 Å². The van der Waals surface area contributed by atoms with Crippen molar-refractivity contribution in [2.75, 3.05) is 5.32 Å². The Balaban J connectivity index is 1.44. The SMILES string of the molecule is CC(C)c1ccccc1-c1ncc(F)c(NC2(c3ccc(-c4cccnc4)cc3)CC2)n1. The van der Waals surface area contributed by atoms with Crippen LogP contribution in [0.5, 0.6) is 0 Å². The highest BCUT2D eigenvalue weighted by atomic mass is 19.1. The Hall–Kier alpha value is -3.60. The summed E-state index contributed by atoms with van der Waals surface area (Å²) in [6.07, 6.45) is 6.75. The van der Waals surface area contributed by atoms with E-state index in [1.165, 1.54) is 6.20 Å². The molecule has 1 fully saturated rings. The molecular formula is C27H25FN4. The van der Waals surface area contributed by atoms with E-state index in [0.717, 1.165) is 40.7 Å². The van der Waals surface area contributed by atoms with Gasteiger partial charge < -0.3 is 5.32 Å². The van der Waals surface area contributed by atoms with Gasteiger partial charge in [0.2, 0.25) is 0 Å². The lowest BCUT2D eigenvalue weighted by atomic mass is 9.97. The van der Waals surface area contributed by atoms with E-state index in [0.29, 0.717) is 11.7 Å². The van der Waals surface area contributed by atoms with Gasteiger partial charge in [0.15, 0.2) is 17.5 Å². The molecule has 160 valence electrons. The van der Waals surface area contributed by atoms with Crippen LogP contribution in [0, 0.1) is 5.82 Å². The molecule has 0 spiro atoms. The minimum atomic E-state index is -0.436. The van der Waals surface area contributed by atoms with Gasteiger partial charge in [-0.25, -0.2) is 14.4 Å². The first-order valence-electron chi connectivity index (χ1n) is 11.0. The molecule has 0 bridgehead atoms. The Bertz CT molecular complexity index is 1230. The maximum atomic E-state index is 14.7. The maximum Gasteiger partial charge on any atom is 0.183 e. The highest BCUT2D eigenvalue weighted by Crippen LogP contribution is 2.48. The van der Waals surface area contributed by atoms with Gasteiger partial charge in [0.25, 0.3) is 0 Å². The van der Waals surface area contributed by atoms with Crippen molar-refractivity contribution in [3.8, 4) is 22.5 Å². The third-order valence-electron chi connectivity index (χ3n) is 6.11. The van der Waals surface area contributed by atoms with Gasteiger partial charge in [-0.15, -0.1) is 0 Å². The summed E-state index contributed by atoms with van der Waals surface area (Å²) in [5.41, 5.74) is 5.11. The molecule has 2 heterocycles. The number of rotatable bonds is 6. The second-order valence-corrected chi connectivity index (χ2v) is 8.66. The van der Waals surface area contributed by atoms with Crippen LogP contribution in [0.2, 0.25) is 0 Å². The van der Waals surface area contributed by atoms with E-state index in [9.17, 15) is 4.39 Å². The number of nitrogens with zero attached hydrogens (tertiary/aromatic N) is 3. The van der Waals surface area contributed by atoms with Crippen LogP contribution < -0.4 is 5.32 Å². The molecule has 1 aliphatic carbocycles. The lowest BCUT2D eigenvalue weighted by molar-refractivity contribution is 0.611. The molecule has 0 atom stereocenters. The van der Waals surface area contributed by atoms with Crippen LogP contribution in [0.15, 0.2) is 79.3 Å². The number of pyridine rings is 1. The van der Waals surface area contributed by atoms with Crippen LogP contribution in [-0.4, -0.2) is 15.0 Å². The van der Waals surface area contributed by atoms with E-state index in [2.05, 4.69) is 64.4 Å². The van der Waals surface area contributed by atoms with Crippen molar-refractivity contribution in [3.05, 3.63) is 96.2 Å². The summed E-state index contributed by atoms with van der Waals surface area (Å²) in [5, 5.41) is 3.39. The third kappa shape index (κ3) is 3.86. The number of benzene rings is 2. The molecule has 1 aliphatic rings. The van der Waals surface area contributed by atoms with Gasteiger partial charge in [0, 0.05) is 18.0 Å². The second-order valence-electron chi connectivity index (χ2n) is 8.66. The van der Waals surface area contributed by atoms with E-state index in [4.69, 9.17) is 0 Å². The smallest absolute Gasteiger partial charge is 0.183 e. The lowest BCUT2D eigenvalue weighted by Gasteiger charge is -2.20. The molecule has 5 heteroatoms. The fourth-order valence-electron chi connectivity index (χ4n) is 4.14. The van der Waals surface area contributed by atoms with Crippen molar-refractivity contribution in [2.45, 2.75) is 38.1 Å². The van der Waals surface area contributed by atoms with Crippen LogP contribution in [-0.2, 0) is 5.54 Å². The molecule has 0 amide bonds. The molecule has 0 radical (unpaired) electrons. The first-order chi connectivity index (χ1) is 15.6. The molecule has 0 saturated heterocycles. The fraction of sp³-hybridized carbons (Fsp3) is 0.222. The first kappa shape index (κ1) is 20.3. The van der Waals surface area contributed by atoms with Gasteiger partial charge in [0.1, 0.15) is 0 Å². The summed E-state index contributed by atoms with van der Waals surface area (Å²) in [5.74, 6) is 0.682. The highest BCUT2D eigenvalue weighted by Gasteiger charge is 2.45. The zero-order valence-corrected chi connectivity index (χ0v) is 18.2. The van der Waals surface area contributed by atoms with E-state index >= 15 is 0 Å². The van der Waals surface area contributed by atoms with Gasteiger partial charge in [-0.3, -0.25) is 4.98 Å². The summed E-state index contributed by atoms with van der Waals surface area (Å²) in [6, 6.07) is 20.4. The molecule has 2 aromatic carbocycles. The zero-order valence-electron chi connectivity index (χ0n) is 18.2. The highest BCUT2D eigenvalue weighted by molar-refractivity contribution is 5.65. The Morgan fingerprint density at radius 3 is 2.38 bits per heavy atom. The maximum absolute atomic E-state index is 14.7. The fourth-order valence-corrected chi connectivity index (χ4v) is 4.14. The zero-order chi connectivity index (χ0) is 22.1. The number of hydrogen-bond acceptors (Lipinski definition) is 4. The van der Waals surface area contributed by atoms with E-state index in [-0.39, 0.29) is 11.4 Å². The molecule has 1 saturated carbocycles. The Morgan fingerprint density at radius 2 is 1.69 bits per heavy atom. The average molecular weight is 425 g/mol. The van der Waals surface area contributed by atoms with E-state index in [1.807, 2.05) is 36.5 Å². The molecular weight excluding hydrogens is 399 g/mol. The lowest BCUT2D eigenvalue weighted by Crippen LogP contribution is -2.20. The molecule has 2 aromatic heterocycles. The average Bonchev–Trinajstić information content (AvgIpc) is 3.62. The van der Waals surface area contributed by atoms with Crippen molar-refractivity contribution < 1.29 is 4.39 Å². The minimum Gasteiger partial charge on any atom is -0.358 e. The van der Waals surface area contributed by atoms with Crippen LogP contribution in [0.1, 0.15) is 43.7 Å². The van der Waals surface area contributed by atoms with Gasteiger partial charge in [-0.05, 0) is 47.1 Å². The Kier molecular flexibility index (Phi) is 5.17. The van der Waals surface area contributed by atoms with Gasteiger partial charge in [-0.2, -0.15) is 0 Å². The summed E-state index contributed by atoms with van der Waals surface area (Å²) in [7, 11) is 0. The summed E-state index contributed by atoms with van der Waals surface area (Å²) in [4.78, 5) is 13.1. The van der Waals surface area contributed by atoms with Crippen molar-refractivity contribution in [1.29, 1.82) is 0 Å². The monoisotopic (exact) mass is 424 g/mol. The van der Waals surface area contributed by atoms with Gasteiger partial charge in [-0.1, -0.05) is 68.4 Å². The first-order valence-corrected chi connectivity index (χ1v) is 11.0. The van der Waals surface area contributed by atoms with Crippen molar-refractivity contribution in [3.63, 3.8) is 0 Å². The molecule has 4 nitrogen and oxygen atoms in total. The molecule has 0 aliphatic heterocycles. The molecule has 4 aromatic rings. The number of halogens is 1. The molecule has 32 heavy (non-hydrogen) atoms. The van der Waals surface area contributed by atoms with Crippen LogP contribution in [0.4, 0.5) is 10.2 Å². The normalized spacial score (nSPS) is 14.4. The summed E-state index contributed by atoms with van der Waals surface area (Å²) >= 11 is 0. The quantitative estimate of drug-likeness (QED) is 0.380. The van der Waals surface area contributed by atoms with Crippen molar-refractivity contribution >= 4 is 5.82 Å². The number of hydrogen-bond donors (Lipinski definition) is 1. The standard InChI is InChI=1S/C27H25FN4/c1-18(2)22-7-3-4-8-23(22)25-30-17-24(28)26(31-25)32-27(13-14-27)21-11-9-19(10-12-21)20-6-5-15-29-16-20/h3-12,15-18H,13-14H2,1-2H3,(H,30,31,32). The second kappa shape index (κ2) is 8.15. The van der Waals surface area contributed by atoms with Crippen molar-refractivity contribution in [2.24, 2.45) is 0 Å². The third-order valence-corrected chi connectivity index (χ3v) is 6.11. The minimum absolute atomic E-state index is 0.252. The topological polar surface area (TPSA) is 50.7 Å². The van der Waals surface area contributed by atoms with Crippen molar-refractivity contribution in [1.82, 2.24) is 15.0 Å². The van der Waals surface area contributed by atoms with Crippen LogP contribution in [0.3, 0.4) is 0 Å². The van der Waals surface area contributed by atoms with E-state index < -0.39 is 5.82 Å². The molecule has 1 N–H and O–H groups in total. The predicted octanol–water partition coefficient (Wildman–Crippen LogP) is 6.57. The number of anilines is 1. The van der Waals surface area contributed by atoms with Gasteiger partial charge >= 0.3 is 0 Å². The molecule has 0 unspecified atom stereocenters. The van der Waals surface area contributed by atoms with Gasteiger partial charge in [0.05, 0.1) is 11.7 Å². The molecule has 5 rings (SSSR count). The Morgan fingerprint density at radius 1 is 0.906 bits per heavy atom. The Labute approximate surface area is 187 Å². The van der Waals surface area contributed by atoms with Crippen LogP contribution in [0.25, 0.3) is 22.5 Å². The van der Waals surface area contributed by atoms with Crippen LogP contribution >= 0.6 is 0 Å².